The number of benzene rings is 2. The summed E-state index contributed by atoms with van der Waals surface area (Å²) in [5.41, 5.74) is -3.47. The van der Waals surface area contributed by atoms with Crippen molar-refractivity contribution in [2.75, 3.05) is 6.79 Å². The number of aromatic nitrogens is 1. The van der Waals surface area contributed by atoms with Crippen molar-refractivity contribution in [2.24, 2.45) is 0 Å². The summed E-state index contributed by atoms with van der Waals surface area (Å²) in [5, 5.41) is 12.1. The van der Waals surface area contributed by atoms with E-state index in [0.29, 0.717) is 5.75 Å². The maximum Gasteiger partial charge on any atom is 0.419 e. The van der Waals surface area contributed by atoms with Gasteiger partial charge in [0.1, 0.15) is 11.6 Å². The molecule has 0 bridgehead atoms. The maximum absolute atomic E-state index is 14.9. The number of nitrogens with zero attached hydrogens (tertiary/aromatic N) is 2. The van der Waals surface area contributed by atoms with E-state index in [1.165, 1.54) is 54.7 Å². The second kappa shape index (κ2) is 8.36. The van der Waals surface area contributed by atoms with Gasteiger partial charge in [0.2, 0.25) is 24.0 Å². The number of carbonyl (C=O) groups excluding carboxylic acids is 1. The van der Waals surface area contributed by atoms with Gasteiger partial charge in [-0.2, -0.15) is 18.4 Å². The van der Waals surface area contributed by atoms with Gasteiger partial charge >= 0.3 is 6.18 Å². The van der Waals surface area contributed by atoms with Gasteiger partial charge in [-0.25, -0.2) is 0 Å². The molecule has 35 heavy (non-hydrogen) atoms. The van der Waals surface area contributed by atoms with Crippen molar-refractivity contribution in [3.8, 4) is 17.6 Å². The van der Waals surface area contributed by atoms with Gasteiger partial charge in [-0.1, -0.05) is 36.4 Å². The van der Waals surface area contributed by atoms with Gasteiger partial charge < -0.3 is 19.5 Å². The highest BCUT2D eigenvalue weighted by Gasteiger charge is 2.68. The lowest BCUT2D eigenvalue weighted by Gasteiger charge is -2.34. The Morgan fingerprint density at radius 1 is 1.06 bits per heavy atom. The van der Waals surface area contributed by atoms with Crippen molar-refractivity contribution in [2.45, 2.75) is 17.8 Å². The van der Waals surface area contributed by atoms with E-state index in [4.69, 9.17) is 14.2 Å². The summed E-state index contributed by atoms with van der Waals surface area (Å²) in [6.07, 6.45) is -5.70. The number of hydrogen-bond donors (Lipinski definition) is 1. The van der Waals surface area contributed by atoms with Crippen molar-refractivity contribution in [3.05, 3.63) is 95.6 Å². The molecule has 1 aromatic heterocycles. The van der Waals surface area contributed by atoms with Gasteiger partial charge in [-0.3, -0.25) is 9.78 Å². The first-order chi connectivity index (χ1) is 16.8. The maximum atomic E-state index is 14.9. The monoisotopic (exact) mass is 479 g/mol. The molecule has 0 radical (unpaired) electrons. The van der Waals surface area contributed by atoms with Crippen LogP contribution >= 0.6 is 0 Å². The first-order valence-corrected chi connectivity index (χ1v) is 10.4. The zero-order valence-electron chi connectivity index (χ0n) is 17.9. The first-order valence-electron chi connectivity index (χ1n) is 10.4. The Kier molecular flexibility index (Phi) is 5.32. The molecule has 1 saturated heterocycles. The van der Waals surface area contributed by atoms with E-state index in [9.17, 15) is 23.2 Å². The highest BCUT2D eigenvalue weighted by atomic mass is 19.4. The molecule has 3 heterocycles. The number of Topliss-reactive ketones (excluding diaryl/α,β-unsaturated/α-hetero) is 1. The second-order valence-corrected chi connectivity index (χ2v) is 7.76. The van der Waals surface area contributed by atoms with E-state index in [-0.39, 0.29) is 34.9 Å². The summed E-state index contributed by atoms with van der Waals surface area (Å²) in [7, 11) is 0. The normalized spacial score (nSPS) is 22.1. The topological polar surface area (TPSA) is 93.5 Å². The van der Waals surface area contributed by atoms with Crippen molar-refractivity contribution >= 4 is 11.4 Å². The quantitative estimate of drug-likeness (QED) is 0.440. The van der Waals surface area contributed by atoms with Gasteiger partial charge in [0.15, 0.2) is 17.6 Å². The highest BCUT2D eigenvalue weighted by Crippen LogP contribution is 2.49. The van der Waals surface area contributed by atoms with Crippen LogP contribution in [0.5, 0.6) is 11.5 Å². The summed E-state index contributed by atoms with van der Waals surface area (Å²) < 4.78 is 61.0. The van der Waals surface area contributed by atoms with Crippen LogP contribution in [0, 0.1) is 11.3 Å². The Balaban J connectivity index is 1.70. The summed E-state index contributed by atoms with van der Waals surface area (Å²) in [6, 6.07) is 17.5. The molecule has 2 atom stereocenters. The third kappa shape index (κ3) is 3.61. The fraction of sp³-hybridized carbons (Fsp3) is 0.160. The molecular formula is C25H16F3N3O4. The molecule has 2 aromatic carbocycles. The minimum Gasteiger partial charge on any atom is -0.463 e. The van der Waals surface area contributed by atoms with Gasteiger partial charge in [-0.15, -0.1) is 0 Å². The van der Waals surface area contributed by atoms with Crippen LogP contribution in [0.2, 0.25) is 0 Å². The number of pyridine rings is 1. The van der Waals surface area contributed by atoms with Gasteiger partial charge in [-0.05, 0) is 35.9 Å². The van der Waals surface area contributed by atoms with Crippen molar-refractivity contribution < 1.29 is 32.2 Å². The Morgan fingerprint density at radius 2 is 1.80 bits per heavy atom. The Morgan fingerprint density at radius 3 is 2.49 bits per heavy atom. The van der Waals surface area contributed by atoms with E-state index >= 15 is 0 Å². The summed E-state index contributed by atoms with van der Waals surface area (Å²) >= 11 is 0. The molecule has 2 aliphatic heterocycles. The van der Waals surface area contributed by atoms with Crippen LogP contribution < -0.4 is 14.8 Å². The lowest BCUT2D eigenvalue weighted by Crippen LogP contribution is -2.58. The largest absolute Gasteiger partial charge is 0.463 e. The van der Waals surface area contributed by atoms with E-state index in [1.54, 1.807) is 18.2 Å². The van der Waals surface area contributed by atoms with Crippen LogP contribution in [-0.4, -0.2) is 29.8 Å². The predicted molar refractivity (Wildman–Crippen MR) is 116 cm³/mol. The van der Waals surface area contributed by atoms with E-state index in [0.717, 1.165) is 0 Å². The highest BCUT2D eigenvalue weighted by molar-refractivity contribution is 6.02. The van der Waals surface area contributed by atoms with Crippen molar-refractivity contribution in [3.63, 3.8) is 0 Å². The average molecular weight is 479 g/mol. The van der Waals surface area contributed by atoms with E-state index in [2.05, 4.69) is 10.3 Å². The molecule has 7 nitrogen and oxygen atoms in total. The smallest absolute Gasteiger partial charge is 0.419 e. The molecule has 0 saturated carbocycles. The molecule has 1 fully saturated rings. The van der Waals surface area contributed by atoms with Crippen LogP contribution in [0.4, 0.5) is 13.2 Å². The third-order valence-corrected chi connectivity index (χ3v) is 5.77. The SMILES string of the molecule is N#CC(=C1NC(c2ccccc2)(C(F)(F)F)C(C(=O)c2ccc3c(c2)OCO3)O1)c1ccccn1. The van der Waals surface area contributed by atoms with E-state index < -0.39 is 29.5 Å². The minimum atomic E-state index is -5.00. The number of halogens is 3. The number of alkyl halides is 3. The summed E-state index contributed by atoms with van der Waals surface area (Å²) in [5.74, 6) is -0.836. The molecule has 0 aliphatic carbocycles. The number of ether oxygens (including phenoxy) is 3. The fourth-order valence-corrected chi connectivity index (χ4v) is 4.10. The minimum absolute atomic E-state index is 0.0620. The lowest BCUT2D eigenvalue weighted by molar-refractivity contribution is -0.204. The van der Waals surface area contributed by atoms with Crippen LogP contribution in [-0.2, 0) is 10.3 Å². The molecule has 3 aromatic rings. The number of nitrogens with one attached hydrogen (secondary N) is 1. The molecule has 2 unspecified atom stereocenters. The molecule has 0 spiro atoms. The second-order valence-electron chi connectivity index (χ2n) is 7.76. The molecule has 5 rings (SSSR count). The fourth-order valence-electron chi connectivity index (χ4n) is 4.10. The number of fused-ring (bicyclic) bond motifs is 1. The number of ketones is 1. The van der Waals surface area contributed by atoms with Gasteiger partial charge in [0.05, 0.1) is 5.69 Å². The average Bonchev–Trinajstić information content (AvgIpc) is 3.50. The molecule has 0 amide bonds. The number of carbonyl (C=O) groups is 1. The number of rotatable bonds is 4. The lowest BCUT2D eigenvalue weighted by atomic mass is 9.81. The number of hydrogen-bond acceptors (Lipinski definition) is 7. The predicted octanol–water partition coefficient (Wildman–Crippen LogP) is 4.33. The van der Waals surface area contributed by atoms with Gasteiger partial charge in [0.25, 0.3) is 0 Å². The Bertz CT molecular complexity index is 1350. The van der Waals surface area contributed by atoms with Crippen LogP contribution in [0.1, 0.15) is 21.6 Å². The zero-order valence-corrected chi connectivity index (χ0v) is 17.9. The van der Waals surface area contributed by atoms with Crippen LogP contribution in [0.3, 0.4) is 0 Å². The van der Waals surface area contributed by atoms with Crippen LogP contribution in [0.25, 0.3) is 5.57 Å². The Labute approximate surface area is 197 Å². The molecule has 1 N–H and O–H groups in total. The molecule has 10 heteroatoms. The van der Waals surface area contributed by atoms with Gasteiger partial charge in [0, 0.05) is 11.8 Å². The number of nitriles is 1. The van der Waals surface area contributed by atoms with E-state index in [1.807, 2.05) is 6.07 Å². The zero-order chi connectivity index (χ0) is 24.6. The summed E-state index contributed by atoms with van der Waals surface area (Å²) in [4.78, 5) is 17.6. The number of allylic oxidation sites excluding steroid dienone is 1. The van der Waals surface area contributed by atoms with Crippen molar-refractivity contribution in [1.29, 1.82) is 5.26 Å². The standard InChI is InChI=1S/C25H16F3N3O4/c26-25(27,28)24(16-6-2-1-3-7-16)22(21(32)15-9-10-19-20(12-15)34-14-33-19)35-23(31-24)17(13-29)18-8-4-5-11-30-18/h1-12,22,31H,14H2. The van der Waals surface area contributed by atoms with Crippen LogP contribution in [0.15, 0.2) is 78.8 Å². The van der Waals surface area contributed by atoms with Crippen molar-refractivity contribution in [1.82, 2.24) is 10.3 Å². The molecular weight excluding hydrogens is 463 g/mol. The molecule has 2 aliphatic rings. The molecule has 176 valence electrons. The third-order valence-electron chi connectivity index (χ3n) is 5.77. The summed E-state index contributed by atoms with van der Waals surface area (Å²) in [6.45, 7) is -0.0620. The first kappa shape index (κ1) is 22.3. The Hall–Kier alpha value is -4.52.